The van der Waals surface area contributed by atoms with Crippen LogP contribution in [-0.2, 0) is 0 Å². The van der Waals surface area contributed by atoms with Crippen molar-refractivity contribution >= 4 is 0 Å². The maximum Gasteiger partial charge on any atom is -0.0262 e. The van der Waals surface area contributed by atoms with Crippen molar-refractivity contribution in [3.05, 3.63) is 36.0 Å². The molecule has 0 saturated carbocycles. The molecule has 0 heteroatoms. The fraction of sp³-hybridized carbons (Fsp3) is 0.600. The molecule has 0 radical (unpaired) electrons. The van der Waals surface area contributed by atoms with Crippen molar-refractivity contribution in [2.75, 3.05) is 0 Å². The van der Waals surface area contributed by atoms with Gasteiger partial charge in [-0.2, -0.15) is 0 Å². The van der Waals surface area contributed by atoms with Crippen molar-refractivity contribution in [3.63, 3.8) is 0 Å². The summed E-state index contributed by atoms with van der Waals surface area (Å²) in [5, 5.41) is 0. The summed E-state index contributed by atoms with van der Waals surface area (Å²) < 4.78 is 0. The minimum atomic E-state index is 0.645. The summed E-state index contributed by atoms with van der Waals surface area (Å²) in [4.78, 5) is 0. The van der Waals surface area contributed by atoms with E-state index in [2.05, 4.69) is 46.4 Å². The Kier molecular flexibility index (Phi) is 8.08. The number of rotatable bonds is 7. The van der Waals surface area contributed by atoms with E-state index in [1.54, 1.807) is 0 Å². The summed E-state index contributed by atoms with van der Waals surface area (Å²) in [5.74, 6) is 0.645. The van der Waals surface area contributed by atoms with Gasteiger partial charge in [-0.3, -0.25) is 0 Å². The van der Waals surface area contributed by atoms with Gasteiger partial charge in [0.05, 0.1) is 0 Å². The normalized spacial score (nSPS) is 13.5. The van der Waals surface area contributed by atoms with Gasteiger partial charge in [-0.05, 0) is 52.4 Å². The van der Waals surface area contributed by atoms with Crippen LogP contribution in [0.5, 0.6) is 0 Å². The zero-order valence-corrected chi connectivity index (χ0v) is 10.8. The van der Waals surface area contributed by atoms with Gasteiger partial charge in [0.15, 0.2) is 0 Å². The Labute approximate surface area is 95.8 Å². The van der Waals surface area contributed by atoms with Crippen molar-refractivity contribution in [1.82, 2.24) is 0 Å². The van der Waals surface area contributed by atoms with Gasteiger partial charge in [-0.15, -0.1) is 6.58 Å². The van der Waals surface area contributed by atoms with Crippen LogP contribution in [-0.4, -0.2) is 0 Å². The van der Waals surface area contributed by atoms with Crippen LogP contribution in [0, 0.1) is 5.92 Å². The summed E-state index contributed by atoms with van der Waals surface area (Å²) in [7, 11) is 0. The van der Waals surface area contributed by atoms with E-state index in [-0.39, 0.29) is 0 Å². The molecule has 0 heterocycles. The first-order valence-electron chi connectivity index (χ1n) is 5.97. The first kappa shape index (κ1) is 14.2. The first-order valence-corrected chi connectivity index (χ1v) is 5.97. The highest BCUT2D eigenvalue weighted by molar-refractivity contribution is 5.02. The Morgan fingerprint density at radius 2 is 1.80 bits per heavy atom. The third kappa shape index (κ3) is 9.52. The number of hydrogen-bond donors (Lipinski definition) is 0. The highest BCUT2D eigenvalue weighted by Crippen LogP contribution is 2.11. The molecule has 0 rings (SSSR count). The standard InChI is InChI=1S/C15H26/c1-6-14(4)10-8-12-15(5)11-7-9-13(2)3/h6,9,12,14H,1,7-8,10-11H2,2-5H3/b15-12+. The van der Waals surface area contributed by atoms with Gasteiger partial charge in [0.1, 0.15) is 0 Å². The number of hydrogen-bond acceptors (Lipinski definition) is 0. The first-order chi connectivity index (χ1) is 7.06. The van der Waals surface area contributed by atoms with Gasteiger partial charge in [-0.1, -0.05) is 36.3 Å². The molecule has 0 aromatic heterocycles. The lowest BCUT2D eigenvalue weighted by Gasteiger charge is -2.03. The Bertz CT molecular complexity index is 226. The Morgan fingerprint density at radius 3 is 2.33 bits per heavy atom. The molecule has 0 aliphatic heterocycles. The van der Waals surface area contributed by atoms with E-state index in [4.69, 9.17) is 0 Å². The lowest BCUT2D eigenvalue weighted by molar-refractivity contribution is 0.656. The molecule has 0 spiro atoms. The van der Waals surface area contributed by atoms with Crippen molar-refractivity contribution in [2.24, 2.45) is 5.92 Å². The fourth-order valence-corrected chi connectivity index (χ4v) is 1.40. The van der Waals surface area contributed by atoms with Crippen LogP contribution in [0.3, 0.4) is 0 Å². The second kappa shape index (κ2) is 8.52. The maximum atomic E-state index is 3.80. The Morgan fingerprint density at radius 1 is 1.13 bits per heavy atom. The van der Waals surface area contributed by atoms with E-state index in [0.717, 1.165) is 0 Å². The SMILES string of the molecule is C=CC(C)CC/C=C(\C)CCC=C(C)C. The molecule has 0 aromatic carbocycles. The number of allylic oxidation sites excluding steroid dienone is 5. The van der Waals surface area contributed by atoms with Crippen molar-refractivity contribution in [1.29, 1.82) is 0 Å². The van der Waals surface area contributed by atoms with Crippen molar-refractivity contribution < 1.29 is 0 Å². The van der Waals surface area contributed by atoms with Gasteiger partial charge >= 0.3 is 0 Å². The summed E-state index contributed by atoms with van der Waals surface area (Å²) in [6.45, 7) is 12.6. The molecule has 0 saturated heterocycles. The summed E-state index contributed by atoms with van der Waals surface area (Å²) in [6, 6.07) is 0. The van der Waals surface area contributed by atoms with Gasteiger partial charge in [0.25, 0.3) is 0 Å². The second-order valence-corrected chi connectivity index (χ2v) is 4.66. The molecule has 0 aromatic rings. The fourth-order valence-electron chi connectivity index (χ4n) is 1.40. The molecule has 1 unspecified atom stereocenters. The second-order valence-electron chi connectivity index (χ2n) is 4.66. The van der Waals surface area contributed by atoms with E-state index >= 15 is 0 Å². The lowest BCUT2D eigenvalue weighted by Crippen LogP contribution is -1.87. The molecule has 0 nitrogen and oxygen atoms in total. The topological polar surface area (TPSA) is 0 Å². The minimum Gasteiger partial charge on any atom is -0.103 e. The third-order valence-electron chi connectivity index (χ3n) is 2.61. The van der Waals surface area contributed by atoms with Gasteiger partial charge in [0.2, 0.25) is 0 Å². The zero-order chi connectivity index (χ0) is 11.7. The van der Waals surface area contributed by atoms with Crippen LogP contribution in [0.25, 0.3) is 0 Å². The molecule has 0 aliphatic rings. The van der Waals surface area contributed by atoms with Gasteiger partial charge in [-0.25, -0.2) is 0 Å². The smallest absolute Gasteiger partial charge is 0.0262 e. The van der Waals surface area contributed by atoms with E-state index in [0.29, 0.717) is 5.92 Å². The highest BCUT2D eigenvalue weighted by atomic mass is 14.0. The molecule has 86 valence electrons. The summed E-state index contributed by atoms with van der Waals surface area (Å²) >= 11 is 0. The van der Waals surface area contributed by atoms with E-state index in [1.165, 1.54) is 36.8 Å². The van der Waals surface area contributed by atoms with Crippen LogP contribution in [0.1, 0.15) is 53.4 Å². The van der Waals surface area contributed by atoms with Crippen LogP contribution < -0.4 is 0 Å². The predicted octanol–water partition coefficient (Wildman–Crippen LogP) is 5.28. The summed E-state index contributed by atoms with van der Waals surface area (Å²) in [6.07, 6.45) is 11.5. The van der Waals surface area contributed by atoms with E-state index in [1.807, 2.05) is 6.08 Å². The van der Waals surface area contributed by atoms with E-state index < -0.39 is 0 Å². The van der Waals surface area contributed by atoms with E-state index in [9.17, 15) is 0 Å². The molecular formula is C15H26. The maximum absolute atomic E-state index is 3.80. The van der Waals surface area contributed by atoms with Crippen LogP contribution >= 0.6 is 0 Å². The molecule has 1 atom stereocenters. The van der Waals surface area contributed by atoms with Crippen LogP contribution in [0.4, 0.5) is 0 Å². The predicted molar refractivity (Wildman–Crippen MR) is 71.0 cm³/mol. The monoisotopic (exact) mass is 206 g/mol. The molecular weight excluding hydrogens is 180 g/mol. The summed E-state index contributed by atoms with van der Waals surface area (Å²) in [5.41, 5.74) is 2.94. The highest BCUT2D eigenvalue weighted by Gasteiger charge is 1.94. The Hall–Kier alpha value is -0.780. The Balaban J connectivity index is 3.70. The molecule has 0 N–H and O–H groups in total. The average Bonchev–Trinajstić information content (AvgIpc) is 2.17. The van der Waals surface area contributed by atoms with Crippen LogP contribution in [0.15, 0.2) is 36.0 Å². The van der Waals surface area contributed by atoms with Crippen LogP contribution in [0.2, 0.25) is 0 Å². The molecule has 0 bridgehead atoms. The quantitative estimate of drug-likeness (QED) is 0.497. The van der Waals surface area contributed by atoms with Gasteiger partial charge in [0, 0.05) is 0 Å². The molecule has 15 heavy (non-hydrogen) atoms. The molecule has 0 fully saturated rings. The minimum absolute atomic E-state index is 0.645. The largest absolute Gasteiger partial charge is 0.103 e. The lowest BCUT2D eigenvalue weighted by atomic mass is 10.0. The van der Waals surface area contributed by atoms with Gasteiger partial charge < -0.3 is 0 Å². The molecule has 0 aliphatic carbocycles. The average molecular weight is 206 g/mol. The molecule has 0 amide bonds. The van der Waals surface area contributed by atoms with Crippen molar-refractivity contribution in [3.8, 4) is 0 Å². The third-order valence-corrected chi connectivity index (χ3v) is 2.61. The zero-order valence-electron chi connectivity index (χ0n) is 10.8. The van der Waals surface area contributed by atoms with Crippen molar-refractivity contribution in [2.45, 2.75) is 53.4 Å².